The molecule has 0 bridgehead atoms. The molecule has 17 heavy (non-hydrogen) atoms. The minimum absolute atomic E-state index is 0.680. The van der Waals surface area contributed by atoms with E-state index < -0.39 is 0 Å². The van der Waals surface area contributed by atoms with E-state index >= 15 is 0 Å². The first-order valence-corrected chi connectivity index (χ1v) is 5.39. The van der Waals surface area contributed by atoms with Crippen LogP contribution < -0.4 is 5.32 Å². The van der Waals surface area contributed by atoms with Crippen LogP contribution in [0.4, 0.5) is 5.82 Å². The Labute approximate surface area is 98.3 Å². The molecule has 4 heteroatoms. The summed E-state index contributed by atoms with van der Waals surface area (Å²) in [5.41, 5.74) is 1.08. The number of nitrogens with zero attached hydrogens (tertiary/aromatic N) is 2. The molecule has 0 saturated heterocycles. The molecule has 0 radical (unpaired) electrons. The third kappa shape index (κ3) is 1.97. The van der Waals surface area contributed by atoms with Crippen molar-refractivity contribution in [2.75, 3.05) is 5.32 Å². The Morgan fingerprint density at radius 3 is 3.00 bits per heavy atom. The molecule has 0 saturated carbocycles. The first-order chi connectivity index (χ1) is 8.43. The lowest BCUT2D eigenvalue weighted by molar-refractivity contribution is 0.564. The fourth-order valence-electron chi connectivity index (χ4n) is 1.74. The van der Waals surface area contributed by atoms with E-state index in [1.165, 1.54) is 0 Å². The lowest BCUT2D eigenvalue weighted by atomic mass is 10.2. The molecule has 4 nitrogen and oxygen atoms in total. The maximum atomic E-state index is 5.01. The molecule has 1 aromatic carbocycles. The average Bonchev–Trinajstić information content (AvgIpc) is 2.89. The van der Waals surface area contributed by atoms with E-state index in [0.29, 0.717) is 6.54 Å². The molecule has 0 spiro atoms. The maximum absolute atomic E-state index is 5.01. The maximum Gasteiger partial charge on any atom is 0.156 e. The van der Waals surface area contributed by atoms with Crippen LogP contribution >= 0.6 is 0 Å². The summed E-state index contributed by atoms with van der Waals surface area (Å²) in [4.78, 5) is 0. The van der Waals surface area contributed by atoms with Gasteiger partial charge in [-0.1, -0.05) is 24.3 Å². The van der Waals surface area contributed by atoms with Crippen molar-refractivity contribution in [2.45, 2.75) is 6.54 Å². The van der Waals surface area contributed by atoms with Crippen molar-refractivity contribution < 1.29 is 4.42 Å². The molecular formula is C13H11N3O. The van der Waals surface area contributed by atoms with Gasteiger partial charge in [-0.05, 0) is 6.07 Å². The Morgan fingerprint density at radius 2 is 2.12 bits per heavy atom. The van der Waals surface area contributed by atoms with Gasteiger partial charge in [-0.2, -0.15) is 5.10 Å². The zero-order valence-corrected chi connectivity index (χ0v) is 9.13. The molecule has 0 unspecified atom stereocenters. The second kappa shape index (κ2) is 4.25. The first-order valence-electron chi connectivity index (χ1n) is 5.39. The van der Waals surface area contributed by atoms with Crippen molar-refractivity contribution in [1.82, 2.24) is 10.2 Å². The summed E-state index contributed by atoms with van der Waals surface area (Å²) in [5, 5.41) is 13.5. The number of hydrogen-bond donors (Lipinski definition) is 1. The number of furan rings is 1. The van der Waals surface area contributed by atoms with Gasteiger partial charge in [-0.25, -0.2) is 0 Å². The van der Waals surface area contributed by atoms with Gasteiger partial charge in [0.05, 0.1) is 18.7 Å². The van der Waals surface area contributed by atoms with Crippen molar-refractivity contribution in [2.24, 2.45) is 0 Å². The standard InChI is InChI=1S/C13H11N3O/c1-2-4-12-11(3-1)8-15-16-13(12)14-7-10-5-6-17-9-10/h1-6,8-9H,7H2,(H,14,16). The number of nitrogens with one attached hydrogen (secondary N) is 1. The average molecular weight is 225 g/mol. The topological polar surface area (TPSA) is 51.0 Å². The Morgan fingerprint density at radius 1 is 1.18 bits per heavy atom. The quantitative estimate of drug-likeness (QED) is 0.744. The van der Waals surface area contributed by atoms with Crippen LogP contribution in [0, 0.1) is 0 Å². The molecular weight excluding hydrogens is 214 g/mol. The van der Waals surface area contributed by atoms with E-state index in [1.54, 1.807) is 18.7 Å². The second-order valence-electron chi connectivity index (χ2n) is 3.77. The molecule has 84 valence electrons. The molecule has 0 amide bonds. The molecule has 3 rings (SSSR count). The van der Waals surface area contributed by atoms with Crippen LogP contribution in [-0.4, -0.2) is 10.2 Å². The van der Waals surface area contributed by atoms with Crippen LogP contribution in [0.3, 0.4) is 0 Å². The predicted molar refractivity (Wildman–Crippen MR) is 65.6 cm³/mol. The SMILES string of the molecule is c1ccc2c(NCc3ccoc3)nncc2c1. The van der Waals surface area contributed by atoms with Crippen LogP contribution in [0.1, 0.15) is 5.56 Å². The predicted octanol–water partition coefficient (Wildman–Crippen LogP) is 2.83. The number of anilines is 1. The van der Waals surface area contributed by atoms with Crippen LogP contribution in [0.15, 0.2) is 53.5 Å². The van der Waals surface area contributed by atoms with Gasteiger partial charge in [0.2, 0.25) is 0 Å². The summed E-state index contributed by atoms with van der Waals surface area (Å²) >= 11 is 0. The van der Waals surface area contributed by atoms with Gasteiger partial charge < -0.3 is 9.73 Å². The van der Waals surface area contributed by atoms with E-state index in [0.717, 1.165) is 22.2 Å². The molecule has 0 aliphatic heterocycles. The highest BCUT2D eigenvalue weighted by atomic mass is 16.3. The van der Waals surface area contributed by atoms with Crippen molar-refractivity contribution in [3.8, 4) is 0 Å². The highest BCUT2D eigenvalue weighted by Gasteiger charge is 2.02. The zero-order chi connectivity index (χ0) is 11.5. The molecule has 3 aromatic rings. The Kier molecular flexibility index (Phi) is 2.46. The lowest BCUT2D eigenvalue weighted by Gasteiger charge is -2.06. The Hall–Kier alpha value is -2.36. The molecule has 0 aliphatic carbocycles. The van der Waals surface area contributed by atoms with Gasteiger partial charge in [0.1, 0.15) is 0 Å². The monoisotopic (exact) mass is 225 g/mol. The van der Waals surface area contributed by atoms with Crippen molar-refractivity contribution in [3.63, 3.8) is 0 Å². The summed E-state index contributed by atoms with van der Waals surface area (Å²) in [7, 11) is 0. The first kappa shape index (κ1) is 9.84. The number of hydrogen-bond acceptors (Lipinski definition) is 4. The zero-order valence-electron chi connectivity index (χ0n) is 9.13. The van der Waals surface area contributed by atoms with Gasteiger partial charge in [-0.3, -0.25) is 0 Å². The fraction of sp³-hybridized carbons (Fsp3) is 0.0769. The van der Waals surface area contributed by atoms with Gasteiger partial charge in [-0.15, -0.1) is 5.10 Å². The van der Waals surface area contributed by atoms with Crippen LogP contribution in [0.2, 0.25) is 0 Å². The van der Waals surface area contributed by atoms with Crippen LogP contribution in [-0.2, 0) is 6.54 Å². The summed E-state index contributed by atoms with van der Waals surface area (Å²) in [6.45, 7) is 0.680. The Bertz CT molecular complexity index is 614. The van der Waals surface area contributed by atoms with Gasteiger partial charge >= 0.3 is 0 Å². The molecule has 2 aromatic heterocycles. The lowest BCUT2D eigenvalue weighted by Crippen LogP contribution is -2.02. The highest BCUT2D eigenvalue weighted by molar-refractivity contribution is 5.90. The van der Waals surface area contributed by atoms with Gasteiger partial charge in [0.25, 0.3) is 0 Å². The molecule has 2 heterocycles. The third-order valence-electron chi connectivity index (χ3n) is 2.61. The highest BCUT2D eigenvalue weighted by Crippen LogP contribution is 2.19. The van der Waals surface area contributed by atoms with E-state index in [-0.39, 0.29) is 0 Å². The minimum atomic E-state index is 0.680. The summed E-state index contributed by atoms with van der Waals surface area (Å²) < 4.78 is 5.01. The minimum Gasteiger partial charge on any atom is -0.472 e. The van der Waals surface area contributed by atoms with Crippen molar-refractivity contribution >= 4 is 16.6 Å². The summed E-state index contributed by atoms with van der Waals surface area (Å²) in [6.07, 6.45) is 5.13. The normalized spacial score (nSPS) is 10.6. The van der Waals surface area contributed by atoms with Crippen LogP contribution in [0.5, 0.6) is 0 Å². The van der Waals surface area contributed by atoms with E-state index in [4.69, 9.17) is 4.42 Å². The smallest absolute Gasteiger partial charge is 0.156 e. The summed E-state index contributed by atoms with van der Waals surface area (Å²) in [5.74, 6) is 0.796. The summed E-state index contributed by atoms with van der Waals surface area (Å²) in [6, 6.07) is 9.96. The van der Waals surface area contributed by atoms with Crippen molar-refractivity contribution in [1.29, 1.82) is 0 Å². The largest absolute Gasteiger partial charge is 0.472 e. The molecule has 0 aliphatic rings. The number of fused-ring (bicyclic) bond motifs is 1. The second-order valence-corrected chi connectivity index (χ2v) is 3.77. The van der Waals surface area contributed by atoms with E-state index in [9.17, 15) is 0 Å². The van der Waals surface area contributed by atoms with E-state index in [2.05, 4.69) is 15.5 Å². The van der Waals surface area contributed by atoms with E-state index in [1.807, 2.05) is 30.3 Å². The molecule has 0 fully saturated rings. The van der Waals surface area contributed by atoms with Gasteiger partial charge in [0.15, 0.2) is 5.82 Å². The Balaban J connectivity index is 1.90. The molecule has 1 N–H and O–H groups in total. The number of aromatic nitrogens is 2. The van der Waals surface area contributed by atoms with Crippen molar-refractivity contribution in [3.05, 3.63) is 54.6 Å². The number of rotatable bonds is 3. The van der Waals surface area contributed by atoms with Crippen LogP contribution in [0.25, 0.3) is 10.8 Å². The number of benzene rings is 1. The molecule has 0 atom stereocenters. The third-order valence-corrected chi connectivity index (χ3v) is 2.61. The van der Waals surface area contributed by atoms with Gasteiger partial charge in [0, 0.05) is 22.9 Å². The fourth-order valence-corrected chi connectivity index (χ4v) is 1.74.